The van der Waals surface area contributed by atoms with Crippen LogP contribution < -0.4 is 0 Å². The van der Waals surface area contributed by atoms with Crippen molar-refractivity contribution in [1.82, 2.24) is 4.98 Å². The van der Waals surface area contributed by atoms with E-state index < -0.39 is 0 Å². The van der Waals surface area contributed by atoms with Crippen molar-refractivity contribution >= 4 is 22.1 Å². The SMILES string of the molecule is Cc1c(F)cccc1[CH]c1ccc2oc3cccnc3c2c1. The second-order valence-electron chi connectivity index (χ2n) is 5.31. The van der Waals surface area contributed by atoms with Crippen molar-refractivity contribution in [2.75, 3.05) is 0 Å². The smallest absolute Gasteiger partial charge is 0.153 e. The quantitative estimate of drug-likeness (QED) is 0.517. The molecule has 0 bridgehead atoms. The minimum Gasteiger partial charge on any atom is -0.454 e. The van der Waals surface area contributed by atoms with Gasteiger partial charge >= 0.3 is 0 Å². The summed E-state index contributed by atoms with van der Waals surface area (Å²) in [6.45, 7) is 1.79. The number of benzene rings is 2. The third-order valence-corrected chi connectivity index (χ3v) is 3.88. The molecular formula is C19H13FNO. The molecule has 107 valence electrons. The van der Waals surface area contributed by atoms with Crippen molar-refractivity contribution in [2.45, 2.75) is 6.92 Å². The maximum absolute atomic E-state index is 13.6. The average Bonchev–Trinajstić information content (AvgIpc) is 2.90. The fourth-order valence-electron chi connectivity index (χ4n) is 2.67. The molecule has 0 spiro atoms. The standard InChI is InChI=1S/C19H13FNO/c1-12-14(4-2-5-16(12)20)10-13-7-8-17-15(11-13)19-18(22-17)6-3-9-21-19/h2-11H,1H3. The van der Waals surface area contributed by atoms with E-state index in [9.17, 15) is 4.39 Å². The average molecular weight is 290 g/mol. The Labute approximate surface area is 127 Å². The summed E-state index contributed by atoms with van der Waals surface area (Å²) in [5.41, 5.74) is 4.95. The summed E-state index contributed by atoms with van der Waals surface area (Å²) in [6, 6.07) is 14.8. The zero-order valence-electron chi connectivity index (χ0n) is 12.0. The molecule has 0 N–H and O–H groups in total. The number of halogens is 1. The number of pyridine rings is 1. The summed E-state index contributed by atoms with van der Waals surface area (Å²) in [4.78, 5) is 4.38. The van der Waals surface area contributed by atoms with E-state index in [1.54, 1.807) is 19.2 Å². The first-order valence-corrected chi connectivity index (χ1v) is 7.09. The van der Waals surface area contributed by atoms with Crippen LogP contribution in [0.1, 0.15) is 16.7 Å². The van der Waals surface area contributed by atoms with Gasteiger partial charge in [-0.15, -0.1) is 0 Å². The monoisotopic (exact) mass is 290 g/mol. The highest BCUT2D eigenvalue weighted by molar-refractivity contribution is 6.02. The van der Waals surface area contributed by atoms with E-state index in [1.165, 1.54) is 6.07 Å². The van der Waals surface area contributed by atoms with E-state index in [2.05, 4.69) is 4.98 Å². The summed E-state index contributed by atoms with van der Waals surface area (Å²) in [7, 11) is 0. The highest BCUT2D eigenvalue weighted by atomic mass is 19.1. The summed E-state index contributed by atoms with van der Waals surface area (Å²) in [5.74, 6) is -0.190. The fraction of sp³-hybridized carbons (Fsp3) is 0.0526. The van der Waals surface area contributed by atoms with Gasteiger partial charge in [0, 0.05) is 18.0 Å². The zero-order valence-corrected chi connectivity index (χ0v) is 12.0. The molecule has 2 heterocycles. The van der Waals surface area contributed by atoms with Gasteiger partial charge in [0.1, 0.15) is 16.9 Å². The van der Waals surface area contributed by atoms with E-state index in [4.69, 9.17) is 4.42 Å². The molecular weight excluding hydrogens is 277 g/mol. The first-order chi connectivity index (χ1) is 10.7. The molecule has 22 heavy (non-hydrogen) atoms. The molecule has 4 rings (SSSR count). The molecule has 1 radical (unpaired) electrons. The van der Waals surface area contributed by atoms with Gasteiger partial charge < -0.3 is 4.42 Å². The van der Waals surface area contributed by atoms with Crippen LogP contribution in [0.15, 0.2) is 59.1 Å². The van der Waals surface area contributed by atoms with Gasteiger partial charge in [0.05, 0.1) is 0 Å². The lowest BCUT2D eigenvalue weighted by molar-refractivity contribution is 0.617. The largest absolute Gasteiger partial charge is 0.454 e. The molecule has 2 aromatic heterocycles. The maximum atomic E-state index is 13.6. The Balaban J connectivity index is 1.82. The zero-order chi connectivity index (χ0) is 15.1. The van der Waals surface area contributed by atoms with Crippen LogP contribution in [0.5, 0.6) is 0 Å². The lowest BCUT2D eigenvalue weighted by atomic mass is 9.99. The van der Waals surface area contributed by atoms with Gasteiger partial charge in [-0.25, -0.2) is 4.39 Å². The van der Waals surface area contributed by atoms with E-state index in [-0.39, 0.29) is 5.82 Å². The van der Waals surface area contributed by atoms with Crippen LogP contribution in [0.2, 0.25) is 0 Å². The van der Waals surface area contributed by atoms with Crippen LogP contribution in [0.4, 0.5) is 4.39 Å². The van der Waals surface area contributed by atoms with Crippen molar-refractivity contribution in [3.05, 3.63) is 83.7 Å². The number of rotatable bonds is 2. The van der Waals surface area contributed by atoms with Crippen LogP contribution >= 0.6 is 0 Å². The number of nitrogens with zero attached hydrogens (tertiary/aromatic N) is 1. The molecule has 0 fully saturated rings. The highest BCUT2D eigenvalue weighted by Gasteiger charge is 2.10. The van der Waals surface area contributed by atoms with E-state index in [0.717, 1.165) is 33.2 Å². The molecule has 2 nitrogen and oxygen atoms in total. The van der Waals surface area contributed by atoms with Gasteiger partial charge in [-0.05, 0) is 53.9 Å². The van der Waals surface area contributed by atoms with Crippen LogP contribution in [-0.4, -0.2) is 4.98 Å². The predicted molar refractivity (Wildman–Crippen MR) is 85.2 cm³/mol. The third-order valence-electron chi connectivity index (χ3n) is 3.88. The van der Waals surface area contributed by atoms with Crippen LogP contribution in [0.3, 0.4) is 0 Å². The Morgan fingerprint density at radius 1 is 1.05 bits per heavy atom. The van der Waals surface area contributed by atoms with Gasteiger partial charge in [0.2, 0.25) is 0 Å². The molecule has 0 amide bonds. The Hall–Kier alpha value is -2.68. The van der Waals surface area contributed by atoms with E-state index in [0.29, 0.717) is 5.56 Å². The normalized spacial score (nSPS) is 11.4. The van der Waals surface area contributed by atoms with Crippen molar-refractivity contribution < 1.29 is 8.81 Å². The molecule has 0 aliphatic rings. The van der Waals surface area contributed by atoms with Gasteiger partial charge in [0.15, 0.2) is 5.58 Å². The molecule has 0 saturated heterocycles. The minimum atomic E-state index is -0.190. The van der Waals surface area contributed by atoms with Crippen molar-refractivity contribution in [2.24, 2.45) is 0 Å². The number of furan rings is 1. The van der Waals surface area contributed by atoms with Crippen LogP contribution in [-0.2, 0) is 0 Å². The molecule has 0 atom stereocenters. The third kappa shape index (κ3) is 2.06. The Morgan fingerprint density at radius 2 is 1.95 bits per heavy atom. The van der Waals surface area contributed by atoms with Crippen molar-refractivity contribution in [3.63, 3.8) is 0 Å². The summed E-state index contributed by atoms with van der Waals surface area (Å²) < 4.78 is 19.4. The molecule has 0 unspecified atom stereocenters. The Bertz CT molecular complexity index is 987. The predicted octanol–water partition coefficient (Wildman–Crippen LogP) is 5.03. The summed E-state index contributed by atoms with van der Waals surface area (Å²) >= 11 is 0. The number of hydrogen-bond donors (Lipinski definition) is 0. The summed E-state index contributed by atoms with van der Waals surface area (Å²) in [5, 5.41) is 0.971. The van der Waals surface area contributed by atoms with Crippen LogP contribution in [0, 0.1) is 19.2 Å². The number of fused-ring (bicyclic) bond motifs is 3. The van der Waals surface area contributed by atoms with Gasteiger partial charge in [-0.3, -0.25) is 4.98 Å². The summed E-state index contributed by atoms with van der Waals surface area (Å²) in [6.07, 6.45) is 3.73. The first kappa shape index (κ1) is 13.0. The van der Waals surface area contributed by atoms with E-state index in [1.807, 2.05) is 42.8 Å². The fourth-order valence-corrected chi connectivity index (χ4v) is 2.67. The lowest BCUT2D eigenvalue weighted by Crippen LogP contribution is -1.92. The second kappa shape index (κ2) is 4.95. The Kier molecular flexibility index (Phi) is 2.93. The molecule has 4 aromatic rings. The van der Waals surface area contributed by atoms with E-state index >= 15 is 0 Å². The first-order valence-electron chi connectivity index (χ1n) is 7.09. The molecule has 0 aliphatic carbocycles. The van der Waals surface area contributed by atoms with Gasteiger partial charge in [-0.1, -0.05) is 18.2 Å². The number of aromatic nitrogens is 1. The molecule has 0 saturated carbocycles. The number of hydrogen-bond acceptors (Lipinski definition) is 2. The van der Waals surface area contributed by atoms with Crippen molar-refractivity contribution in [3.8, 4) is 0 Å². The van der Waals surface area contributed by atoms with Gasteiger partial charge in [0.25, 0.3) is 0 Å². The van der Waals surface area contributed by atoms with Crippen LogP contribution in [0.25, 0.3) is 22.1 Å². The minimum absolute atomic E-state index is 0.190. The highest BCUT2D eigenvalue weighted by Crippen LogP contribution is 2.29. The maximum Gasteiger partial charge on any atom is 0.153 e. The molecule has 2 aromatic carbocycles. The topological polar surface area (TPSA) is 26.0 Å². The van der Waals surface area contributed by atoms with Gasteiger partial charge in [-0.2, -0.15) is 0 Å². The molecule has 3 heteroatoms. The molecule has 0 aliphatic heterocycles. The Morgan fingerprint density at radius 3 is 2.86 bits per heavy atom. The lowest BCUT2D eigenvalue weighted by Gasteiger charge is -2.06. The second-order valence-corrected chi connectivity index (χ2v) is 5.31. The van der Waals surface area contributed by atoms with Crippen molar-refractivity contribution in [1.29, 1.82) is 0 Å².